The fraction of sp³-hybridized carbons (Fsp3) is 0.385. The smallest absolute Gasteiger partial charge is 0.338 e. The molecule has 0 aromatic heterocycles. The van der Waals surface area contributed by atoms with Crippen LogP contribution in [-0.4, -0.2) is 47.4 Å². The van der Waals surface area contributed by atoms with E-state index in [9.17, 15) is 9.59 Å². The largest absolute Gasteiger partial charge is 0.508 e. The van der Waals surface area contributed by atoms with Crippen LogP contribution in [0.25, 0.3) is 0 Å². The molecule has 2 heterocycles. The lowest BCUT2D eigenvalue weighted by Crippen LogP contribution is -2.48. The van der Waals surface area contributed by atoms with Crippen molar-refractivity contribution in [2.24, 2.45) is 0 Å². The van der Waals surface area contributed by atoms with Gasteiger partial charge in [-0.25, -0.2) is 4.79 Å². The van der Waals surface area contributed by atoms with Crippen molar-refractivity contribution in [1.82, 2.24) is 4.90 Å². The number of carbonyl (C=O) groups excluding carboxylic acids is 2. The molecule has 1 N–H and O–H groups in total. The second-order valence-electron chi connectivity index (χ2n) is 4.61. The van der Waals surface area contributed by atoms with Gasteiger partial charge in [0.05, 0.1) is 18.5 Å². The quantitative estimate of drug-likeness (QED) is 0.635. The minimum Gasteiger partial charge on any atom is -0.508 e. The van der Waals surface area contributed by atoms with Gasteiger partial charge in [-0.3, -0.25) is 4.79 Å². The summed E-state index contributed by atoms with van der Waals surface area (Å²) in [6.07, 6.45) is 0.0324. The minimum atomic E-state index is -0.468. The summed E-state index contributed by atoms with van der Waals surface area (Å²) in [6, 6.07) is 5.83. The van der Waals surface area contributed by atoms with Gasteiger partial charge in [-0.05, 0) is 24.3 Å². The molecule has 2 saturated heterocycles. The highest BCUT2D eigenvalue weighted by molar-refractivity contribution is 5.89. The highest BCUT2D eigenvalue weighted by Crippen LogP contribution is 2.28. The van der Waals surface area contributed by atoms with Gasteiger partial charge in [0.25, 0.3) is 0 Å². The first-order chi connectivity index (χ1) is 9.13. The van der Waals surface area contributed by atoms with Crippen LogP contribution >= 0.6 is 0 Å². The zero-order valence-electron chi connectivity index (χ0n) is 10.1. The first-order valence-electron chi connectivity index (χ1n) is 6.04. The number of hydrogen-bond acceptors (Lipinski definition) is 5. The van der Waals surface area contributed by atoms with Crippen LogP contribution in [0, 0.1) is 0 Å². The molecule has 0 bridgehead atoms. The second-order valence-corrected chi connectivity index (χ2v) is 4.61. The van der Waals surface area contributed by atoms with Crippen LogP contribution in [0.3, 0.4) is 0 Å². The maximum Gasteiger partial charge on any atom is 0.338 e. The van der Waals surface area contributed by atoms with E-state index in [1.54, 1.807) is 4.90 Å². The molecule has 2 fully saturated rings. The molecule has 3 rings (SSSR count). The lowest BCUT2D eigenvalue weighted by Gasteiger charge is -2.31. The molecule has 2 aliphatic heterocycles. The summed E-state index contributed by atoms with van der Waals surface area (Å²) in [4.78, 5) is 24.5. The van der Waals surface area contributed by atoms with E-state index in [-0.39, 0.29) is 30.6 Å². The summed E-state index contributed by atoms with van der Waals surface area (Å²) in [7, 11) is 0. The first-order valence-corrected chi connectivity index (χ1v) is 6.04. The number of phenols is 1. The van der Waals surface area contributed by atoms with E-state index >= 15 is 0 Å². The topological polar surface area (TPSA) is 76.1 Å². The number of fused-ring (bicyclic) bond motifs is 1. The molecule has 0 radical (unpaired) electrons. The maximum atomic E-state index is 11.7. The Balaban J connectivity index is 1.51. The van der Waals surface area contributed by atoms with E-state index in [1.165, 1.54) is 24.3 Å². The number of aromatic hydroxyl groups is 1. The van der Waals surface area contributed by atoms with Gasteiger partial charge in [0.15, 0.2) is 0 Å². The number of phenolic OH excluding ortho intramolecular Hbond substituents is 1. The molecular weight excluding hydrogens is 250 g/mol. The number of esters is 1. The predicted molar refractivity (Wildman–Crippen MR) is 63.4 cm³/mol. The molecule has 0 saturated carbocycles. The Morgan fingerprint density at radius 3 is 2.79 bits per heavy atom. The monoisotopic (exact) mass is 263 g/mol. The maximum absolute atomic E-state index is 11.7. The van der Waals surface area contributed by atoms with Gasteiger partial charge in [0.1, 0.15) is 24.7 Å². The normalized spacial score (nSPS) is 24.8. The average molecular weight is 263 g/mol. The van der Waals surface area contributed by atoms with Crippen molar-refractivity contribution >= 4 is 11.9 Å². The van der Waals surface area contributed by atoms with Crippen LogP contribution in [0.2, 0.25) is 0 Å². The third-order valence-electron chi connectivity index (χ3n) is 3.27. The lowest BCUT2D eigenvalue weighted by atomic mass is 10.2. The van der Waals surface area contributed by atoms with Crippen molar-refractivity contribution in [3.05, 3.63) is 29.8 Å². The number of carbonyl (C=O) groups is 2. The fourth-order valence-corrected chi connectivity index (χ4v) is 2.19. The van der Waals surface area contributed by atoms with E-state index < -0.39 is 5.97 Å². The van der Waals surface area contributed by atoms with Crippen LogP contribution in [0.5, 0.6) is 5.75 Å². The van der Waals surface area contributed by atoms with Crippen molar-refractivity contribution in [2.45, 2.75) is 18.8 Å². The lowest BCUT2D eigenvalue weighted by molar-refractivity contribution is -0.156. The molecule has 1 amide bonds. The number of benzene rings is 1. The number of rotatable bonds is 3. The van der Waals surface area contributed by atoms with Gasteiger partial charge < -0.3 is 19.5 Å². The third-order valence-corrected chi connectivity index (χ3v) is 3.27. The zero-order valence-corrected chi connectivity index (χ0v) is 10.1. The van der Waals surface area contributed by atoms with E-state index in [0.717, 1.165) is 0 Å². The van der Waals surface area contributed by atoms with Gasteiger partial charge in [-0.2, -0.15) is 0 Å². The molecule has 2 atom stereocenters. The summed E-state index contributed by atoms with van der Waals surface area (Å²) >= 11 is 0. The van der Waals surface area contributed by atoms with E-state index in [2.05, 4.69) is 0 Å². The molecule has 100 valence electrons. The highest BCUT2D eigenvalue weighted by Gasteiger charge is 2.45. The standard InChI is InChI=1S/C13H13NO5/c15-9-3-1-8(2-4-9)13(17)18-7-10-6-14-11(16)5-12(14)19-10/h1-4,10,12,15H,5-7H2. The molecule has 19 heavy (non-hydrogen) atoms. The van der Waals surface area contributed by atoms with Crippen molar-refractivity contribution < 1.29 is 24.2 Å². The van der Waals surface area contributed by atoms with E-state index in [1.807, 2.05) is 0 Å². The number of amides is 1. The van der Waals surface area contributed by atoms with E-state index in [0.29, 0.717) is 18.5 Å². The number of nitrogens with zero attached hydrogens (tertiary/aromatic N) is 1. The molecule has 1 aromatic rings. The molecule has 6 heteroatoms. The summed E-state index contributed by atoms with van der Waals surface area (Å²) < 4.78 is 10.7. The second kappa shape index (κ2) is 4.55. The van der Waals surface area contributed by atoms with Gasteiger partial charge in [0.2, 0.25) is 5.91 Å². The Kier molecular flexibility index (Phi) is 2.87. The Labute approximate surface area is 109 Å². The summed E-state index contributed by atoms with van der Waals surface area (Å²) in [5.74, 6) is -0.292. The summed E-state index contributed by atoms with van der Waals surface area (Å²) in [5, 5.41) is 9.12. The first kappa shape index (κ1) is 12.0. The Morgan fingerprint density at radius 1 is 1.42 bits per heavy atom. The third kappa shape index (κ3) is 2.26. The van der Waals surface area contributed by atoms with Crippen LogP contribution in [-0.2, 0) is 14.3 Å². The van der Waals surface area contributed by atoms with Crippen molar-refractivity contribution in [1.29, 1.82) is 0 Å². The molecule has 2 unspecified atom stereocenters. The fourth-order valence-electron chi connectivity index (χ4n) is 2.19. The molecule has 2 aliphatic rings. The SMILES string of the molecule is O=C(OCC1CN2C(=O)CC2O1)c1ccc(O)cc1. The van der Waals surface area contributed by atoms with Crippen LogP contribution in [0.4, 0.5) is 0 Å². The predicted octanol–water partition coefficient (Wildman–Crippen LogP) is 0.506. The molecular formula is C13H13NO5. The molecule has 0 spiro atoms. The van der Waals surface area contributed by atoms with Gasteiger partial charge in [-0.1, -0.05) is 0 Å². The Hall–Kier alpha value is -2.08. The van der Waals surface area contributed by atoms with Crippen molar-refractivity contribution in [2.75, 3.05) is 13.2 Å². The number of β-lactam (4-membered cyclic amide) rings is 1. The molecule has 6 nitrogen and oxygen atoms in total. The zero-order chi connectivity index (χ0) is 13.4. The van der Waals surface area contributed by atoms with Crippen molar-refractivity contribution in [3.63, 3.8) is 0 Å². The van der Waals surface area contributed by atoms with Crippen LogP contribution in [0.15, 0.2) is 24.3 Å². The molecule has 1 aromatic carbocycles. The summed E-state index contributed by atoms with van der Waals surface area (Å²) in [6.45, 7) is 0.604. The minimum absolute atomic E-state index is 0.0809. The van der Waals surface area contributed by atoms with Gasteiger partial charge in [0, 0.05) is 0 Å². The van der Waals surface area contributed by atoms with Gasteiger partial charge in [-0.15, -0.1) is 0 Å². The number of hydrogen-bond donors (Lipinski definition) is 1. The summed E-state index contributed by atoms with van der Waals surface area (Å²) in [5.41, 5.74) is 0.371. The Morgan fingerprint density at radius 2 is 2.16 bits per heavy atom. The van der Waals surface area contributed by atoms with Gasteiger partial charge >= 0.3 is 5.97 Å². The Bertz CT molecular complexity index is 512. The highest BCUT2D eigenvalue weighted by atomic mass is 16.6. The van der Waals surface area contributed by atoms with Crippen molar-refractivity contribution in [3.8, 4) is 5.75 Å². The van der Waals surface area contributed by atoms with Crippen LogP contribution in [0.1, 0.15) is 16.8 Å². The average Bonchev–Trinajstić information content (AvgIpc) is 2.73. The molecule has 0 aliphatic carbocycles. The van der Waals surface area contributed by atoms with E-state index in [4.69, 9.17) is 14.6 Å². The van der Waals surface area contributed by atoms with Crippen LogP contribution < -0.4 is 0 Å². The number of ether oxygens (including phenoxy) is 2.